The number of aliphatic imine (C=N–C) groups is 1. The molecule has 2 atom stereocenters. The molecule has 2 heteroatoms. The number of allylic oxidation sites excluding steroid dienone is 1. The Morgan fingerprint density at radius 2 is 2.06 bits per heavy atom. The summed E-state index contributed by atoms with van der Waals surface area (Å²) >= 11 is 0. The number of nitrogens with zero attached hydrogens (tertiary/aromatic N) is 1. The first kappa shape index (κ1) is 13.5. The third-order valence-corrected chi connectivity index (χ3v) is 3.47. The molecule has 1 rings (SSSR count). The van der Waals surface area contributed by atoms with Crippen LogP contribution in [-0.4, -0.2) is 19.5 Å². The average molecular weight is 219 g/mol. The van der Waals surface area contributed by atoms with Gasteiger partial charge in [-0.25, -0.2) is 0 Å². The molecule has 0 fully saturated rings. The summed E-state index contributed by atoms with van der Waals surface area (Å²) in [6, 6.07) is 0. The van der Waals surface area contributed by atoms with E-state index in [2.05, 4.69) is 40.8 Å². The van der Waals surface area contributed by atoms with Crippen molar-refractivity contribution in [3.63, 3.8) is 0 Å². The zero-order chi connectivity index (χ0) is 12.0. The van der Waals surface area contributed by atoms with Gasteiger partial charge in [0.05, 0.1) is 0 Å². The van der Waals surface area contributed by atoms with E-state index < -0.39 is 0 Å². The van der Waals surface area contributed by atoms with E-state index >= 15 is 0 Å². The van der Waals surface area contributed by atoms with E-state index in [1.807, 2.05) is 0 Å². The van der Waals surface area contributed by atoms with Crippen LogP contribution in [-0.2, 0) is 0 Å². The number of hydrogen-bond donors (Lipinski definition) is 0. The SMILES string of the molecule is BC1N=C(C(C)C)C=CC1CCCCCC. The van der Waals surface area contributed by atoms with Crippen LogP contribution in [0, 0.1) is 11.8 Å². The zero-order valence-electron chi connectivity index (χ0n) is 11.4. The molecule has 0 aromatic rings. The van der Waals surface area contributed by atoms with Crippen molar-refractivity contribution in [1.29, 1.82) is 0 Å². The van der Waals surface area contributed by atoms with Crippen molar-refractivity contribution in [3.05, 3.63) is 12.2 Å². The van der Waals surface area contributed by atoms with E-state index in [1.165, 1.54) is 37.8 Å². The van der Waals surface area contributed by atoms with Crippen molar-refractivity contribution in [2.75, 3.05) is 0 Å². The molecule has 0 aliphatic carbocycles. The molecule has 1 nitrogen and oxygen atoms in total. The molecule has 1 aliphatic rings. The molecule has 90 valence electrons. The predicted molar refractivity (Wildman–Crippen MR) is 76.0 cm³/mol. The van der Waals surface area contributed by atoms with Gasteiger partial charge in [0.1, 0.15) is 7.85 Å². The topological polar surface area (TPSA) is 12.4 Å². The highest BCUT2D eigenvalue weighted by molar-refractivity contribution is 6.14. The molecule has 16 heavy (non-hydrogen) atoms. The average Bonchev–Trinajstić information content (AvgIpc) is 2.26. The molecule has 0 spiro atoms. The van der Waals surface area contributed by atoms with Gasteiger partial charge in [-0.05, 0) is 24.3 Å². The standard InChI is InChI=1S/C14H26BN/c1-4-5-6-7-8-12-9-10-13(11(2)3)16-14(12)15/h9-12,14H,4-8,15H2,1-3H3. The molecule has 0 N–H and O–H groups in total. The molecule has 0 aromatic heterocycles. The van der Waals surface area contributed by atoms with Gasteiger partial charge in [0, 0.05) is 11.7 Å². The molecule has 0 saturated carbocycles. The zero-order valence-corrected chi connectivity index (χ0v) is 11.4. The fourth-order valence-electron chi connectivity index (χ4n) is 2.24. The highest BCUT2D eigenvalue weighted by atomic mass is 14.8. The van der Waals surface area contributed by atoms with Crippen LogP contribution >= 0.6 is 0 Å². The summed E-state index contributed by atoms with van der Waals surface area (Å²) in [7, 11) is 2.26. The Morgan fingerprint density at radius 1 is 1.31 bits per heavy atom. The summed E-state index contributed by atoms with van der Waals surface area (Å²) in [6.45, 7) is 6.71. The summed E-state index contributed by atoms with van der Waals surface area (Å²) in [4.78, 5) is 4.79. The second-order valence-corrected chi connectivity index (χ2v) is 5.32. The van der Waals surface area contributed by atoms with Gasteiger partial charge in [0.25, 0.3) is 0 Å². The van der Waals surface area contributed by atoms with Crippen LogP contribution in [0.2, 0.25) is 0 Å². The van der Waals surface area contributed by atoms with E-state index in [-0.39, 0.29) is 0 Å². The van der Waals surface area contributed by atoms with Gasteiger partial charge >= 0.3 is 0 Å². The van der Waals surface area contributed by atoms with E-state index in [0.29, 0.717) is 17.8 Å². The van der Waals surface area contributed by atoms with Gasteiger partial charge in [-0.3, -0.25) is 4.99 Å². The lowest BCUT2D eigenvalue weighted by atomic mass is 9.78. The van der Waals surface area contributed by atoms with Gasteiger partial charge in [0.15, 0.2) is 0 Å². The molecule has 2 unspecified atom stereocenters. The van der Waals surface area contributed by atoms with Crippen molar-refractivity contribution >= 4 is 13.6 Å². The molecule has 0 saturated heterocycles. The molecule has 0 radical (unpaired) electrons. The molecule has 0 bridgehead atoms. The normalized spacial score (nSPS) is 24.9. The fraction of sp³-hybridized carbons (Fsp3) is 0.786. The predicted octanol–water partition coefficient (Wildman–Crippen LogP) is 3.20. The van der Waals surface area contributed by atoms with Crippen LogP contribution in [0.1, 0.15) is 52.9 Å². The van der Waals surface area contributed by atoms with Crippen molar-refractivity contribution < 1.29 is 0 Å². The lowest BCUT2D eigenvalue weighted by Gasteiger charge is -2.23. The third kappa shape index (κ3) is 4.15. The second kappa shape index (κ2) is 6.93. The molecule has 0 aromatic carbocycles. The lowest BCUT2D eigenvalue weighted by molar-refractivity contribution is 0.510. The Morgan fingerprint density at radius 3 is 2.62 bits per heavy atom. The maximum Gasteiger partial charge on any atom is 0.134 e. The van der Waals surface area contributed by atoms with Crippen LogP contribution < -0.4 is 0 Å². The third-order valence-electron chi connectivity index (χ3n) is 3.47. The van der Waals surface area contributed by atoms with Crippen LogP contribution in [0.4, 0.5) is 0 Å². The number of rotatable bonds is 6. The molecular weight excluding hydrogens is 193 g/mol. The first-order valence-corrected chi connectivity index (χ1v) is 6.91. The van der Waals surface area contributed by atoms with Gasteiger partial charge in [-0.1, -0.05) is 52.5 Å². The van der Waals surface area contributed by atoms with E-state index in [1.54, 1.807) is 0 Å². The quantitative estimate of drug-likeness (QED) is 0.480. The Kier molecular flexibility index (Phi) is 5.86. The van der Waals surface area contributed by atoms with Crippen LogP contribution in [0.15, 0.2) is 17.1 Å². The Hall–Kier alpha value is -0.525. The monoisotopic (exact) mass is 219 g/mol. The van der Waals surface area contributed by atoms with Crippen LogP contribution in [0.5, 0.6) is 0 Å². The first-order chi connectivity index (χ1) is 7.65. The largest absolute Gasteiger partial charge is 0.295 e. The molecule has 1 heterocycles. The lowest BCUT2D eigenvalue weighted by Crippen LogP contribution is -2.24. The number of dihydropyridines is 1. The minimum Gasteiger partial charge on any atom is -0.295 e. The highest BCUT2D eigenvalue weighted by Crippen LogP contribution is 2.21. The van der Waals surface area contributed by atoms with E-state index in [4.69, 9.17) is 4.99 Å². The van der Waals surface area contributed by atoms with Gasteiger partial charge < -0.3 is 0 Å². The second-order valence-electron chi connectivity index (χ2n) is 5.32. The van der Waals surface area contributed by atoms with Crippen LogP contribution in [0.3, 0.4) is 0 Å². The van der Waals surface area contributed by atoms with Crippen molar-refractivity contribution in [2.45, 2.75) is 58.8 Å². The molecule has 0 amide bonds. The maximum absolute atomic E-state index is 4.79. The fourth-order valence-corrected chi connectivity index (χ4v) is 2.24. The van der Waals surface area contributed by atoms with Crippen LogP contribution in [0.25, 0.3) is 0 Å². The number of unbranched alkanes of at least 4 members (excludes halogenated alkanes) is 3. The Bertz CT molecular complexity index is 255. The minimum atomic E-state index is 0.490. The minimum absolute atomic E-state index is 0.490. The first-order valence-electron chi connectivity index (χ1n) is 6.91. The highest BCUT2D eigenvalue weighted by Gasteiger charge is 2.18. The summed E-state index contributed by atoms with van der Waals surface area (Å²) < 4.78 is 0. The van der Waals surface area contributed by atoms with Crippen molar-refractivity contribution in [1.82, 2.24) is 0 Å². The smallest absolute Gasteiger partial charge is 0.134 e. The van der Waals surface area contributed by atoms with E-state index in [0.717, 1.165) is 0 Å². The summed E-state index contributed by atoms with van der Waals surface area (Å²) in [5, 5.41) is 0. The summed E-state index contributed by atoms with van der Waals surface area (Å²) in [5.41, 5.74) is 1.28. The van der Waals surface area contributed by atoms with Gasteiger partial charge in [0.2, 0.25) is 0 Å². The Labute approximate surface area is 102 Å². The number of hydrogen-bond acceptors (Lipinski definition) is 1. The molecule has 1 aliphatic heterocycles. The summed E-state index contributed by atoms with van der Waals surface area (Å²) in [6.07, 6.45) is 11.4. The van der Waals surface area contributed by atoms with Gasteiger partial charge in [-0.15, -0.1) is 0 Å². The summed E-state index contributed by atoms with van der Waals surface area (Å²) in [5.74, 6) is 1.74. The maximum atomic E-state index is 4.79. The van der Waals surface area contributed by atoms with Crippen molar-refractivity contribution in [3.8, 4) is 0 Å². The Balaban J connectivity index is 2.34. The van der Waals surface area contributed by atoms with Crippen molar-refractivity contribution in [2.24, 2.45) is 16.8 Å². The van der Waals surface area contributed by atoms with E-state index in [9.17, 15) is 0 Å². The molecular formula is C14H26BN. The van der Waals surface area contributed by atoms with Gasteiger partial charge in [-0.2, -0.15) is 0 Å².